The number of aliphatic hydroxyl groups is 1. The molecule has 0 aliphatic heterocycles. The van der Waals surface area contributed by atoms with E-state index in [-0.39, 0.29) is 11.5 Å². The SMILES string of the molecule is NCC(O)CC1(CN)CCC1. The van der Waals surface area contributed by atoms with Gasteiger partial charge < -0.3 is 16.6 Å². The molecular weight excluding hydrogens is 140 g/mol. The second-order valence-corrected chi connectivity index (χ2v) is 3.65. The molecule has 0 spiro atoms. The smallest absolute Gasteiger partial charge is 0.0668 e. The first kappa shape index (κ1) is 8.97. The fraction of sp³-hybridized carbons (Fsp3) is 1.00. The van der Waals surface area contributed by atoms with Gasteiger partial charge in [-0.15, -0.1) is 0 Å². The second kappa shape index (κ2) is 3.52. The van der Waals surface area contributed by atoms with Crippen LogP contribution in [0.2, 0.25) is 0 Å². The lowest BCUT2D eigenvalue weighted by molar-refractivity contribution is 0.0514. The van der Waals surface area contributed by atoms with Crippen LogP contribution in [-0.4, -0.2) is 24.3 Å². The molecule has 5 N–H and O–H groups in total. The molecule has 11 heavy (non-hydrogen) atoms. The quantitative estimate of drug-likeness (QED) is 0.531. The molecule has 1 atom stereocenters. The van der Waals surface area contributed by atoms with Crippen LogP contribution in [0, 0.1) is 5.41 Å². The predicted molar refractivity (Wildman–Crippen MR) is 45.0 cm³/mol. The van der Waals surface area contributed by atoms with E-state index in [0.29, 0.717) is 13.1 Å². The first-order valence-electron chi connectivity index (χ1n) is 4.31. The van der Waals surface area contributed by atoms with Gasteiger partial charge in [0.2, 0.25) is 0 Å². The summed E-state index contributed by atoms with van der Waals surface area (Å²) in [5, 5.41) is 9.31. The number of nitrogens with two attached hydrogens (primary N) is 2. The maximum absolute atomic E-state index is 9.31. The van der Waals surface area contributed by atoms with Gasteiger partial charge in [-0.1, -0.05) is 6.42 Å². The van der Waals surface area contributed by atoms with Crippen molar-refractivity contribution in [2.45, 2.75) is 31.8 Å². The highest BCUT2D eigenvalue weighted by molar-refractivity contribution is 4.90. The first-order valence-corrected chi connectivity index (χ1v) is 4.31. The molecule has 1 aliphatic carbocycles. The van der Waals surface area contributed by atoms with Crippen molar-refractivity contribution in [3.05, 3.63) is 0 Å². The summed E-state index contributed by atoms with van der Waals surface area (Å²) in [5.74, 6) is 0. The Balaban J connectivity index is 2.32. The zero-order chi connectivity index (χ0) is 8.32. The molecule has 1 saturated carbocycles. The Labute approximate surface area is 67.8 Å². The first-order chi connectivity index (χ1) is 5.22. The molecule has 1 aliphatic rings. The Morgan fingerprint density at radius 1 is 1.36 bits per heavy atom. The molecule has 1 fully saturated rings. The van der Waals surface area contributed by atoms with Crippen LogP contribution >= 0.6 is 0 Å². The lowest BCUT2D eigenvalue weighted by atomic mass is 9.66. The molecule has 0 amide bonds. The van der Waals surface area contributed by atoms with Gasteiger partial charge in [0.1, 0.15) is 0 Å². The Morgan fingerprint density at radius 3 is 2.27 bits per heavy atom. The van der Waals surface area contributed by atoms with Gasteiger partial charge in [-0.2, -0.15) is 0 Å². The van der Waals surface area contributed by atoms with Crippen molar-refractivity contribution in [2.75, 3.05) is 13.1 Å². The van der Waals surface area contributed by atoms with E-state index < -0.39 is 0 Å². The summed E-state index contributed by atoms with van der Waals surface area (Å²) >= 11 is 0. The summed E-state index contributed by atoms with van der Waals surface area (Å²) in [6.45, 7) is 1.06. The topological polar surface area (TPSA) is 72.3 Å². The van der Waals surface area contributed by atoms with Crippen LogP contribution in [0.5, 0.6) is 0 Å². The maximum atomic E-state index is 9.31. The third kappa shape index (κ3) is 1.92. The highest BCUT2D eigenvalue weighted by Crippen LogP contribution is 2.43. The van der Waals surface area contributed by atoms with Crippen LogP contribution in [0.15, 0.2) is 0 Å². The van der Waals surface area contributed by atoms with Gasteiger partial charge in [0, 0.05) is 6.54 Å². The Morgan fingerprint density at radius 2 is 2.00 bits per heavy atom. The molecule has 1 rings (SSSR count). The zero-order valence-corrected chi connectivity index (χ0v) is 6.92. The van der Waals surface area contributed by atoms with E-state index in [1.165, 1.54) is 19.3 Å². The van der Waals surface area contributed by atoms with E-state index in [4.69, 9.17) is 11.5 Å². The third-order valence-corrected chi connectivity index (χ3v) is 2.79. The fourth-order valence-corrected chi connectivity index (χ4v) is 1.75. The minimum Gasteiger partial charge on any atom is -0.392 e. The third-order valence-electron chi connectivity index (χ3n) is 2.79. The molecule has 0 saturated heterocycles. The number of aliphatic hydroxyl groups excluding tert-OH is 1. The van der Waals surface area contributed by atoms with Crippen molar-refractivity contribution in [2.24, 2.45) is 16.9 Å². The van der Waals surface area contributed by atoms with E-state index >= 15 is 0 Å². The molecule has 0 aromatic rings. The lowest BCUT2D eigenvalue weighted by Crippen LogP contribution is -2.41. The number of hydrogen-bond acceptors (Lipinski definition) is 3. The van der Waals surface area contributed by atoms with Crippen LogP contribution in [0.1, 0.15) is 25.7 Å². The Kier molecular flexibility index (Phi) is 2.87. The Bertz CT molecular complexity index is 118. The van der Waals surface area contributed by atoms with E-state index in [0.717, 1.165) is 6.42 Å². The highest BCUT2D eigenvalue weighted by atomic mass is 16.3. The predicted octanol–water partition coefficient (Wildman–Crippen LogP) is -0.175. The zero-order valence-electron chi connectivity index (χ0n) is 6.92. The van der Waals surface area contributed by atoms with Crippen molar-refractivity contribution in [1.29, 1.82) is 0 Å². The lowest BCUT2D eigenvalue weighted by Gasteiger charge is -2.42. The van der Waals surface area contributed by atoms with Crippen LogP contribution in [0.25, 0.3) is 0 Å². The van der Waals surface area contributed by atoms with Crippen molar-refractivity contribution in [3.8, 4) is 0 Å². The van der Waals surface area contributed by atoms with Gasteiger partial charge in [0.15, 0.2) is 0 Å². The van der Waals surface area contributed by atoms with Crippen molar-refractivity contribution >= 4 is 0 Å². The van der Waals surface area contributed by atoms with E-state index in [1.54, 1.807) is 0 Å². The second-order valence-electron chi connectivity index (χ2n) is 3.65. The average molecular weight is 158 g/mol. The summed E-state index contributed by atoms with van der Waals surface area (Å²) in [4.78, 5) is 0. The molecule has 0 bridgehead atoms. The van der Waals surface area contributed by atoms with Gasteiger partial charge in [0.25, 0.3) is 0 Å². The minimum atomic E-state index is -0.348. The average Bonchev–Trinajstić information content (AvgIpc) is 1.96. The van der Waals surface area contributed by atoms with E-state index in [9.17, 15) is 5.11 Å². The highest BCUT2D eigenvalue weighted by Gasteiger charge is 2.36. The molecule has 3 nitrogen and oxygen atoms in total. The molecule has 0 radical (unpaired) electrons. The summed E-state index contributed by atoms with van der Waals surface area (Å²) in [5.41, 5.74) is 11.2. The summed E-state index contributed by atoms with van der Waals surface area (Å²) in [6.07, 6.45) is 4.04. The van der Waals surface area contributed by atoms with Crippen LogP contribution in [0.4, 0.5) is 0 Å². The molecule has 3 heteroatoms. The number of rotatable bonds is 4. The van der Waals surface area contributed by atoms with Gasteiger partial charge >= 0.3 is 0 Å². The van der Waals surface area contributed by atoms with E-state index in [2.05, 4.69) is 0 Å². The summed E-state index contributed by atoms with van der Waals surface area (Å²) in [6, 6.07) is 0. The Hall–Kier alpha value is -0.120. The van der Waals surface area contributed by atoms with Crippen LogP contribution < -0.4 is 11.5 Å². The molecule has 0 aromatic heterocycles. The monoisotopic (exact) mass is 158 g/mol. The number of hydrogen-bond donors (Lipinski definition) is 3. The van der Waals surface area contributed by atoms with Crippen molar-refractivity contribution < 1.29 is 5.11 Å². The van der Waals surface area contributed by atoms with Gasteiger partial charge in [-0.3, -0.25) is 0 Å². The molecule has 1 unspecified atom stereocenters. The largest absolute Gasteiger partial charge is 0.392 e. The van der Waals surface area contributed by atoms with Gasteiger partial charge in [-0.05, 0) is 31.2 Å². The normalized spacial score (nSPS) is 24.3. The summed E-state index contributed by atoms with van der Waals surface area (Å²) < 4.78 is 0. The molecular formula is C8H18N2O. The van der Waals surface area contributed by atoms with Gasteiger partial charge in [0.05, 0.1) is 6.10 Å². The summed E-state index contributed by atoms with van der Waals surface area (Å²) in [7, 11) is 0. The standard InChI is InChI=1S/C8H18N2O/c9-5-7(11)4-8(6-10)2-1-3-8/h7,11H,1-6,9-10H2. The van der Waals surface area contributed by atoms with Crippen molar-refractivity contribution in [1.82, 2.24) is 0 Å². The van der Waals surface area contributed by atoms with Gasteiger partial charge in [-0.25, -0.2) is 0 Å². The minimum absolute atomic E-state index is 0.235. The maximum Gasteiger partial charge on any atom is 0.0668 e. The molecule has 0 aromatic carbocycles. The van der Waals surface area contributed by atoms with Crippen LogP contribution in [0.3, 0.4) is 0 Å². The van der Waals surface area contributed by atoms with Crippen LogP contribution in [-0.2, 0) is 0 Å². The van der Waals surface area contributed by atoms with E-state index in [1.807, 2.05) is 0 Å². The van der Waals surface area contributed by atoms with Crippen molar-refractivity contribution in [3.63, 3.8) is 0 Å². The molecule has 66 valence electrons. The fourth-order valence-electron chi connectivity index (χ4n) is 1.75. The molecule has 0 heterocycles.